The van der Waals surface area contributed by atoms with Crippen LogP contribution in [0.15, 0.2) is 12.1 Å². The highest BCUT2D eigenvalue weighted by molar-refractivity contribution is 6.29. The van der Waals surface area contributed by atoms with E-state index in [-0.39, 0.29) is 0 Å². The minimum Gasteiger partial charge on any atom is -0.382 e. The number of hydrogen-bond acceptors (Lipinski definition) is 3. The van der Waals surface area contributed by atoms with Gasteiger partial charge in [-0.1, -0.05) is 11.6 Å². The lowest BCUT2D eigenvalue weighted by Gasteiger charge is -2.16. The Morgan fingerprint density at radius 3 is 2.26 bits per heavy atom. The van der Waals surface area contributed by atoms with Gasteiger partial charge in [-0.05, 0) is 12.1 Å². The lowest BCUT2D eigenvalue weighted by molar-refractivity contribution is -0.198. The van der Waals surface area contributed by atoms with E-state index in [1.807, 2.05) is 5.32 Å². The molecule has 0 radical (unpaired) electrons. The molecule has 1 aromatic heterocycles. The molecule has 1 atom stereocenters. The van der Waals surface area contributed by atoms with Gasteiger partial charge in [-0.3, -0.25) is 0 Å². The van der Waals surface area contributed by atoms with Gasteiger partial charge in [0.15, 0.2) is 6.10 Å². The van der Waals surface area contributed by atoms with Gasteiger partial charge in [-0.2, -0.15) is 26.3 Å². The van der Waals surface area contributed by atoms with Gasteiger partial charge in [0.05, 0.1) is 12.1 Å². The van der Waals surface area contributed by atoms with E-state index in [0.29, 0.717) is 12.1 Å². The molecule has 0 aliphatic heterocycles. The maximum absolute atomic E-state index is 12.4. The molecule has 1 unspecified atom stereocenters. The van der Waals surface area contributed by atoms with Crippen molar-refractivity contribution in [2.24, 2.45) is 0 Å². The van der Waals surface area contributed by atoms with E-state index in [0.717, 1.165) is 0 Å². The number of aliphatic hydroxyl groups excluding tert-OH is 1. The second-order valence-electron chi connectivity index (χ2n) is 3.50. The average molecular weight is 309 g/mol. The minimum absolute atomic E-state index is 0.495. The van der Waals surface area contributed by atoms with E-state index >= 15 is 0 Å². The van der Waals surface area contributed by atoms with Gasteiger partial charge in [0.1, 0.15) is 11.0 Å². The highest BCUT2D eigenvalue weighted by atomic mass is 35.5. The average Bonchev–Trinajstić information content (AvgIpc) is 2.22. The van der Waals surface area contributed by atoms with E-state index < -0.39 is 41.5 Å². The van der Waals surface area contributed by atoms with E-state index in [9.17, 15) is 26.3 Å². The van der Waals surface area contributed by atoms with Crippen molar-refractivity contribution in [3.63, 3.8) is 0 Å². The third-order valence-corrected chi connectivity index (χ3v) is 2.17. The normalized spacial score (nSPS) is 14.3. The summed E-state index contributed by atoms with van der Waals surface area (Å²) in [5.41, 5.74) is -1.16. The number of halogens is 7. The molecule has 108 valence electrons. The molecule has 0 amide bonds. The first-order chi connectivity index (χ1) is 8.50. The quantitative estimate of drug-likeness (QED) is 0.666. The summed E-state index contributed by atoms with van der Waals surface area (Å²) in [4.78, 5) is 3.38. The first kappa shape index (κ1) is 15.8. The molecule has 1 aromatic rings. The minimum atomic E-state index is -4.88. The van der Waals surface area contributed by atoms with Crippen LogP contribution in [0.1, 0.15) is 5.56 Å². The Morgan fingerprint density at radius 1 is 1.21 bits per heavy atom. The largest absolute Gasteiger partial charge is 0.416 e. The molecule has 0 saturated heterocycles. The predicted octanol–water partition coefficient (Wildman–Crippen LogP) is 3.09. The molecule has 0 fully saturated rings. The van der Waals surface area contributed by atoms with Gasteiger partial charge < -0.3 is 10.4 Å². The summed E-state index contributed by atoms with van der Waals surface area (Å²) in [6.07, 6.45) is -12.3. The van der Waals surface area contributed by atoms with Crippen molar-refractivity contribution >= 4 is 17.4 Å². The number of hydrogen-bond donors (Lipinski definition) is 2. The van der Waals surface area contributed by atoms with Crippen molar-refractivity contribution in [1.82, 2.24) is 4.98 Å². The van der Waals surface area contributed by atoms with Gasteiger partial charge in [0.25, 0.3) is 0 Å². The number of nitrogens with zero attached hydrogens (tertiary/aromatic N) is 1. The second-order valence-corrected chi connectivity index (χ2v) is 3.89. The highest BCUT2D eigenvalue weighted by Crippen LogP contribution is 2.32. The summed E-state index contributed by atoms with van der Waals surface area (Å²) in [5.74, 6) is -0.511. The zero-order chi connectivity index (χ0) is 14.8. The van der Waals surface area contributed by atoms with Crippen molar-refractivity contribution in [1.29, 1.82) is 0 Å². The fraction of sp³-hybridized carbons (Fsp3) is 0.444. The molecule has 0 saturated carbocycles. The standard InChI is InChI=1S/C9H7ClF6N2O/c10-6-1-4(8(11,12)13)2-7(18-6)17-3-5(19)9(14,15)16/h1-2,5,19H,3H2,(H,17,18). The van der Waals surface area contributed by atoms with Crippen LogP contribution in [0.2, 0.25) is 5.15 Å². The Labute approximate surface area is 108 Å². The fourth-order valence-electron chi connectivity index (χ4n) is 1.07. The molecular formula is C9H7ClF6N2O. The predicted molar refractivity (Wildman–Crippen MR) is 54.8 cm³/mol. The van der Waals surface area contributed by atoms with Gasteiger partial charge in [0.2, 0.25) is 0 Å². The van der Waals surface area contributed by atoms with Gasteiger partial charge in [-0.25, -0.2) is 4.98 Å². The van der Waals surface area contributed by atoms with Crippen LogP contribution in [0.4, 0.5) is 32.2 Å². The molecule has 0 bridgehead atoms. The molecule has 0 spiro atoms. The molecule has 0 aromatic carbocycles. The van der Waals surface area contributed by atoms with Crippen molar-refractivity contribution in [3.8, 4) is 0 Å². The first-order valence-electron chi connectivity index (χ1n) is 4.73. The zero-order valence-corrected chi connectivity index (χ0v) is 9.74. The SMILES string of the molecule is OC(CNc1cc(C(F)(F)F)cc(Cl)n1)C(F)(F)F. The highest BCUT2D eigenvalue weighted by Gasteiger charge is 2.38. The second kappa shape index (κ2) is 5.41. The Bertz CT molecular complexity index is 447. The van der Waals surface area contributed by atoms with Crippen molar-refractivity contribution < 1.29 is 31.4 Å². The topological polar surface area (TPSA) is 45.1 Å². The van der Waals surface area contributed by atoms with Gasteiger partial charge in [-0.15, -0.1) is 0 Å². The van der Waals surface area contributed by atoms with Crippen LogP contribution in [0.25, 0.3) is 0 Å². The molecule has 3 nitrogen and oxygen atoms in total. The summed E-state index contributed by atoms with van der Waals surface area (Å²) in [6.45, 7) is -1.03. The zero-order valence-electron chi connectivity index (χ0n) is 8.98. The van der Waals surface area contributed by atoms with Crippen LogP contribution in [-0.4, -0.2) is 28.9 Å². The number of rotatable bonds is 3. The van der Waals surface area contributed by atoms with Crippen molar-refractivity contribution in [2.45, 2.75) is 18.5 Å². The van der Waals surface area contributed by atoms with Crippen molar-refractivity contribution in [3.05, 3.63) is 22.8 Å². The molecule has 0 aliphatic carbocycles. The number of aliphatic hydroxyl groups is 1. The van der Waals surface area contributed by atoms with E-state index in [2.05, 4.69) is 4.98 Å². The summed E-state index contributed by atoms with van der Waals surface area (Å²) < 4.78 is 73.1. The van der Waals surface area contributed by atoms with Gasteiger partial charge >= 0.3 is 12.4 Å². The molecule has 1 rings (SSSR count). The lowest BCUT2D eigenvalue weighted by Crippen LogP contribution is -2.35. The number of nitrogens with one attached hydrogen (secondary N) is 1. The maximum Gasteiger partial charge on any atom is 0.416 e. The van der Waals surface area contributed by atoms with Crippen LogP contribution in [0, 0.1) is 0 Å². The lowest BCUT2D eigenvalue weighted by atomic mass is 10.2. The number of pyridine rings is 1. The number of alkyl halides is 6. The van der Waals surface area contributed by atoms with Crippen LogP contribution in [0.3, 0.4) is 0 Å². The van der Waals surface area contributed by atoms with E-state index in [1.54, 1.807) is 0 Å². The number of anilines is 1. The molecule has 10 heteroatoms. The molecular weight excluding hydrogens is 302 g/mol. The maximum atomic E-state index is 12.4. The molecule has 1 heterocycles. The van der Waals surface area contributed by atoms with Crippen LogP contribution >= 0.6 is 11.6 Å². The van der Waals surface area contributed by atoms with Crippen LogP contribution in [0.5, 0.6) is 0 Å². The van der Waals surface area contributed by atoms with Crippen LogP contribution in [-0.2, 0) is 6.18 Å². The summed E-state index contributed by atoms with van der Waals surface area (Å²) in [5, 5.41) is 10.1. The third-order valence-electron chi connectivity index (χ3n) is 1.98. The molecule has 2 N–H and O–H groups in total. The summed E-state index contributed by atoms with van der Waals surface area (Å²) >= 11 is 5.33. The fourth-order valence-corrected chi connectivity index (χ4v) is 1.28. The monoisotopic (exact) mass is 308 g/mol. The van der Waals surface area contributed by atoms with E-state index in [4.69, 9.17) is 16.7 Å². The Hall–Kier alpha value is -1.22. The van der Waals surface area contributed by atoms with Gasteiger partial charge in [0, 0.05) is 0 Å². The van der Waals surface area contributed by atoms with Crippen molar-refractivity contribution in [2.75, 3.05) is 11.9 Å². The third kappa shape index (κ3) is 4.75. The smallest absolute Gasteiger partial charge is 0.382 e. The molecule has 19 heavy (non-hydrogen) atoms. The molecule has 0 aliphatic rings. The number of aromatic nitrogens is 1. The summed E-state index contributed by atoms with van der Waals surface area (Å²) in [6, 6.07) is 1.03. The Morgan fingerprint density at radius 2 is 1.79 bits per heavy atom. The Balaban J connectivity index is 2.83. The van der Waals surface area contributed by atoms with Crippen LogP contribution < -0.4 is 5.32 Å². The summed E-state index contributed by atoms with van der Waals surface area (Å²) in [7, 11) is 0. The Kier molecular flexibility index (Phi) is 4.51. The van der Waals surface area contributed by atoms with E-state index in [1.165, 1.54) is 0 Å². The first-order valence-corrected chi connectivity index (χ1v) is 5.11.